The van der Waals surface area contributed by atoms with Crippen LogP contribution in [0.2, 0.25) is 0 Å². The molecule has 7 heteroatoms. The number of phosphoric acid groups is 1. The SMILES string of the molecule is O=P(O)(O)O.[Dy].[Lu]. The van der Waals surface area contributed by atoms with Gasteiger partial charge >= 0.3 is 7.82 Å². The molecule has 3 N–H and O–H groups in total. The predicted molar refractivity (Wildman–Crippen MR) is 14.3 cm³/mol. The molecule has 57 valence electrons. The van der Waals surface area contributed by atoms with Gasteiger partial charge in [0.15, 0.2) is 0 Å². The zero-order chi connectivity index (χ0) is 4.50. The van der Waals surface area contributed by atoms with Crippen LogP contribution in [0.4, 0.5) is 0 Å². The van der Waals surface area contributed by atoms with Crippen LogP contribution in [0, 0.1) is 75.0 Å². The van der Waals surface area contributed by atoms with E-state index in [1.54, 1.807) is 0 Å². The Bertz CT molecular complexity index is 57.8. The molecule has 0 aliphatic rings. The summed E-state index contributed by atoms with van der Waals surface area (Å²) in [5, 5.41) is 0. The van der Waals surface area contributed by atoms with Gasteiger partial charge in [-0.25, -0.2) is 4.57 Å². The predicted octanol–water partition coefficient (Wildman–Crippen LogP) is -0.929. The van der Waals surface area contributed by atoms with Gasteiger partial charge in [0, 0.05) is 75.0 Å². The first-order chi connectivity index (χ1) is 2.00. The van der Waals surface area contributed by atoms with Gasteiger partial charge in [0.25, 0.3) is 0 Å². The Kier molecular flexibility index (Phi) is 15.7. The summed E-state index contributed by atoms with van der Waals surface area (Å²) in [6, 6.07) is 0. The second-order valence-corrected chi connectivity index (χ2v) is 1.54. The van der Waals surface area contributed by atoms with Crippen LogP contribution in [0.15, 0.2) is 0 Å². The van der Waals surface area contributed by atoms with E-state index in [2.05, 4.69) is 0 Å². The van der Waals surface area contributed by atoms with Crippen LogP contribution in [0.5, 0.6) is 0 Å². The Hall–Kier alpha value is 2.62. The second-order valence-electron chi connectivity index (χ2n) is 0.513. The maximum atomic E-state index is 8.88. The van der Waals surface area contributed by atoms with E-state index < -0.39 is 7.82 Å². The topological polar surface area (TPSA) is 77.8 Å². The fraction of sp³-hybridized carbons (Fsp3) is 0. The van der Waals surface area contributed by atoms with Crippen molar-refractivity contribution in [1.82, 2.24) is 0 Å². The van der Waals surface area contributed by atoms with Crippen molar-refractivity contribution in [3.63, 3.8) is 0 Å². The van der Waals surface area contributed by atoms with Gasteiger partial charge < -0.3 is 14.7 Å². The minimum absolute atomic E-state index is 0. The molecule has 0 aromatic rings. The van der Waals surface area contributed by atoms with Crippen molar-refractivity contribution in [1.29, 1.82) is 0 Å². The van der Waals surface area contributed by atoms with Crippen molar-refractivity contribution < 1.29 is 94.3 Å². The Balaban J connectivity index is -0.0000000800. The first-order valence-corrected chi connectivity index (χ1v) is 2.35. The van der Waals surface area contributed by atoms with E-state index in [-0.39, 0.29) is 75.0 Å². The molecular formula is H3DyLuO4P. The van der Waals surface area contributed by atoms with E-state index in [9.17, 15) is 0 Å². The summed E-state index contributed by atoms with van der Waals surface area (Å²) in [6.45, 7) is 0. The molecule has 0 saturated carbocycles. The van der Waals surface area contributed by atoms with Gasteiger partial charge in [-0.15, -0.1) is 0 Å². The molecule has 0 rings (SSSR count). The van der Waals surface area contributed by atoms with Gasteiger partial charge in [-0.2, -0.15) is 0 Å². The van der Waals surface area contributed by atoms with Gasteiger partial charge in [-0.1, -0.05) is 0 Å². The summed E-state index contributed by atoms with van der Waals surface area (Å²) in [7, 11) is -4.64. The standard InChI is InChI=1S/Dy.Lu.H3O4P/c;;1-5(2,3)4/h;;(H3,1,2,3,4). The molecule has 7 heavy (non-hydrogen) atoms. The summed E-state index contributed by atoms with van der Waals surface area (Å²) in [6.07, 6.45) is 0. The molecule has 0 unspecified atom stereocenters. The van der Waals surface area contributed by atoms with E-state index in [0.29, 0.717) is 0 Å². The molecule has 0 bridgehead atoms. The molecule has 0 spiro atoms. The average Bonchev–Trinajstić information content (AvgIpc) is 0.722. The van der Waals surface area contributed by atoms with Crippen LogP contribution in [0.3, 0.4) is 0 Å². The molecule has 4 nitrogen and oxygen atoms in total. The van der Waals surface area contributed by atoms with Crippen molar-refractivity contribution in [2.24, 2.45) is 0 Å². The third-order valence-corrected chi connectivity index (χ3v) is 0. The number of hydrogen-bond donors (Lipinski definition) is 3. The molecule has 0 aromatic heterocycles. The minimum Gasteiger partial charge on any atom is -0.303 e. The molecule has 0 heterocycles. The van der Waals surface area contributed by atoms with Crippen molar-refractivity contribution in [3.8, 4) is 0 Å². The van der Waals surface area contributed by atoms with E-state index in [1.165, 1.54) is 0 Å². The quantitative estimate of drug-likeness (QED) is 0.430. The maximum absolute atomic E-state index is 8.88. The monoisotopic (exact) mass is 437 g/mol. The average molecular weight is 435 g/mol. The Morgan fingerprint density at radius 2 is 1.14 bits per heavy atom. The molecule has 0 aliphatic carbocycles. The third-order valence-electron chi connectivity index (χ3n) is 0. The third kappa shape index (κ3) is 55.1. The van der Waals surface area contributed by atoms with Gasteiger partial charge in [-0.05, 0) is 0 Å². The molecule has 0 aromatic carbocycles. The van der Waals surface area contributed by atoms with E-state index in [0.717, 1.165) is 0 Å². The van der Waals surface area contributed by atoms with Crippen LogP contribution >= 0.6 is 7.82 Å². The summed E-state index contributed by atoms with van der Waals surface area (Å²) in [5.74, 6) is 0. The summed E-state index contributed by atoms with van der Waals surface area (Å²) in [5.41, 5.74) is 0. The first kappa shape index (κ1) is 16.3. The fourth-order valence-electron chi connectivity index (χ4n) is 0. The normalized spacial score (nSPS) is 8.43. The van der Waals surface area contributed by atoms with E-state index in [4.69, 9.17) is 19.2 Å². The van der Waals surface area contributed by atoms with Crippen molar-refractivity contribution in [2.75, 3.05) is 0 Å². The summed E-state index contributed by atoms with van der Waals surface area (Å²) < 4.78 is 8.88. The Morgan fingerprint density at radius 1 is 1.14 bits per heavy atom. The molecule has 0 saturated heterocycles. The van der Waals surface area contributed by atoms with Gasteiger partial charge in [0.05, 0.1) is 0 Å². The van der Waals surface area contributed by atoms with Crippen LogP contribution < -0.4 is 0 Å². The van der Waals surface area contributed by atoms with Gasteiger partial charge in [-0.3, -0.25) is 0 Å². The zero-order valence-corrected chi connectivity index (χ0v) is 7.35. The Morgan fingerprint density at radius 3 is 1.14 bits per heavy atom. The van der Waals surface area contributed by atoms with Crippen molar-refractivity contribution in [3.05, 3.63) is 0 Å². The van der Waals surface area contributed by atoms with Gasteiger partial charge in [0.1, 0.15) is 0 Å². The molecule has 0 amide bonds. The van der Waals surface area contributed by atoms with Crippen LogP contribution in [0.25, 0.3) is 0 Å². The number of rotatable bonds is 0. The second kappa shape index (κ2) is 6.73. The zero-order valence-electron chi connectivity index (χ0n) is 2.77. The first-order valence-electron chi connectivity index (χ1n) is 0.783. The fourth-order valence-corrected chi connectivity index (χ4v) is 0. The molecule has 0 aliphatic heterocycles. The summed E-state index contributed by atoms with van der Waals surface area (Å²) in [4.78, 5) is 21.6. The van der Waals surface area contributed by atoms with E-state index in [1.807, 2.05) is 0 Å². The van der Waals surface area contributed by atoms with Crippen molar-refractivity contribution >= 4 is 7.82 Å². The van der Waals surface area contributed by atoms with Gasteiger partial charge in [0.2, 0.25) is 0 Å². The molecule has 0 fully saturated rings. The van der Waals surface area contributed by atoms with Crippen LogP contribution in [-0.4, -0.2) is 14.7 Å². The number of hydrogen-bond acceptors (Lipinski definition) is 1. The minimum atomic E-state index is -4.64. The molecule has 1 radical (unpaired) electrons. The smallest absolute Gasteiger partial charge is 0.303 e. The summed E-state index contributed by atoms with van der Waals surface area (Å²) >= 11 is 0. The van der Waals surface area contributed by atoms with E-state index >= 15 is 0 Å². The molecular weight excluding hydrogens is 432 g/mol. The van der Waals surface area contributed by atoms with Crippen molar-refractivity contribution in [2.45, 2.75) is 0 Å². The molecule has 0 atom stereocenters. The van der Waals surface area contributed by atoms with Crippen LogP contribution in [-0.2, 0) is 4.57 Å². The maximum Gasteiger partial charge on any atom is 0.466 e. The largest absolute Gasteiger partial charge is 0.466 e. The Labute approximate surface area is 100 Å². The van der Waals surface area contributed by atoms with Crippen LogP contribution in [0.1, 0.15) is 0 Å².